The first-order chi connectivity index (χ1) is 14.9. The Morgan fingerprint density at radius 3 is 2.90 bits per heavy atom. The summed E-state index contributed by atoms with van der Waals surface area (Å²) in [6.45, 7) is 2.35. The Hall–Kier alpha value is -2.37. The highest BCUT2D eigenvalue weighted by Crippen LogP contribution is 2.58. The molecule has 0 aliphatic heterocycles. The van der Waals surface area contributed by atoms with Gasteiger partial charge in [-0.3, -0.25) is 14.6 Å². The zero-order valence-electron chi connectivity index (χ0n) is 17.3. The van der Waals surface area contributed by atoms with Crippen molar-refractivity contribution in [2.75, 3.05) is 6.61 Å². The zero-order chi connectivity index (χ0) is 22.0. The summed E-state index contributed by atoms with van der Waals surface area (Å²) in [5.41, 5.74) is 3.72. The lowest BCUT2D eigenvalue weighted by Crippen LogP contribution is -2.28. The van der Waals surface area contributed by atoms with E-state index in [1.165, 1.54) is 0 Å². The predicted molar refractivity (Wildman–Crippen MR) is 121 cm³/mol. The number of pyridine rings is 1. The first kappa shape index (κ1) is 21.8. The van der Waals surface area contributed by atoms with Crippen molar-refractivity contribution in [3.63, 3.8) is 0 Å². The van der Waals surface area contributed by atoms with Crippen LogP contribution in [-0.4, -0.2) is 23.3 Å². The van der Waals surface area contributed by atoms with Gasteiger partial charge < -0.3 is 10.1 Å². The number of nitrogens with zero attached hydrogens (tertiary/aromatic N) is 1. The summed E-state index contributed by atoms with van der Waals surface area (Å²) in [4.78, 5) is 28.4. The number of ketones is 1. The molecule has 2 aliphatic rings. The van der Waals surface area contributed by atoms with Gasteiger partial charge in [0.05, 0.1) is 5.02 Å². The highest BCUT2D eigenvalue weighted by atomic mass is 35.5. The number of ether oxygens (including phenoxy) is 1. The number of rotatable bonds is 7. The highest BCUT2D eigenvalue weighted by Gasteiger charge is 2.45. The Bertz CT molecular complexity index is 1050. The molecule has 5 nitrogen and oxygen atoms in total. The van der Waals surface area contributed by atoms with Crippen molar-refractivity contribution in [2.45, 2.75) is 45.6 Å². The molecule has 0 radical (unpaired) electrons. The first-order valence-corrected chi connectivity index (χ1v) is 11.2. The Balaban J connectivity index is 1.51. The molecule has 1 unspecified atom stereocenters. The van der Waals surface area contributed by atoms with E-state index in [9.17, 15) is 9.59 Å². The number of hydrogen-bond acceptors (Lipinski definition) is 4. The van der Waals surface area contributed by atoms with Crippen LogP contribution in [0.4, 0.5) is 0 Å². The van der Waals surface area contributed by atoms with Gasteiger partial charge in [-0.2, -0.15) is 0 Å². The zero-order valence-corrected chi connectivity index (χ0v) is 18.9. The van der Waals surface area contributed by atoms with E-state index in [4.69, 9.17) is 27.9 Å². The van der Waals surface area contributed by atoms with Crippen molar-refractivity contribution >= 4 is 40.5 Å². The maximum atomic E-state index is 12.2. The van der Waals surface area contributed by atoms with Gasteiger partial charge in [0.2, 0.25) is 0 Å². The van der Waals surface area contributed by atoms with Gasteiger partial charge in [-0.1, -0.05) is 42.6 Å². The molecule has 0 spiro atoms. The van der Waals surface area contributed by atoms with E-state index in [2.05, 4.69) is 17.2 Å². The molecule has 1 atom stereocenters. The van der Waals surface area contributed by atoms with Gasteiger partial charge in [-0.15, -0.1) is 0 Å². The summed E-state index contributed by atoms with van der Waals surface area (Å²) in [5.74, 6) is 0.257. The van der Waals surface area contributed by atoms with Crippen LogP contribution in [0.5, 0.6) is 5.75 Å². The molecular weight excluding hydrogens is 435 g/mol. The molecule has 1 aromatic heterocycles. The monoisotopic (exact) mass is 458 g/mol. The van der Waals surface area contributed by atoms with Crippen LogP contribution in [0.15, 0.2) is 36.7 Å². The van der Waals surface area contributed by atoms with Crippen LogP contribution < -0.4 is 10.1 Å². The van der Waals surface area contributed by atoms with Crippen LogP contribution in [0.3, 0.4) is 0 Å². The molecule has 1 heterocycles. The molecule has 1 aromatic carbocycles. The van der Waals surface area contributed by atoms with Crippen molar-refractivity contribution in [3.05, 3.63) is 63.4 Å². The lowest BCUT2D eigenvalue weighted by atomic mass is 9.70. The van der Waals surface area contributed by atoms with E-state index in [0.29, 0.717) is 23.7 Å². The molecule has 4 rings (SSSR count). The number of halogens is 2. The molecule has 162 valence electrons. The SMILES string of the molecule is CCCC12CCC(=O)C=C1c1c(cc(OCC(=O)NCc3cccnc3)c(Cl)c1Cl)C2. The van der Waals surface area contributed by atoms with Crippen molar-refractivity contribution in [3.8, 4) is 5.75 Å². The Morgan fingerprint density at radius 1 is 1.32 bits per heavy atom. The summed E-state index contributed by atoms with van der Waals surface area (Å²) < 4.78 is 5.73. The van der Waals surface area contributed by atoms with Crippen LogP contribution in [0.2, 0.25) is 10.0 Å². The summed E-state index contributed by atoms with van der Waals surface area (Å²) >= 11 is 13.2. The lowest BCUT2D eigenvalue weighted by molar-refractivity contribution is -0.123. The van der Waals surface area contributed by atoms with Gasteiger partial charge in [-0.25, -0.2) is 0 Å². The third-order valence-electron chi connectivity index (χ3n) is 6.08. The minimum Gasteiger partial charge on any atom is -0.482 e. The second-order valence-corrected chi connectivity index (χ2v) is 8.95. The van der Waals surface area contributed by atoms with Crippen molar-refractivity contribution < 1.29 is 14.3 Å². The van der Waals surface area contributed by atoms with Gasteiger partial charge in [0.15, 0.2) is 12.4 Å². The fraction of sp³-hybridized carbons (Fsp3) is 0.375. The Morgan fingerprint density at radius 2 is 2.16 bits per heavy atom. The van der Waals surface area contributed by atoms with E-state index >= 15 is 0 Å². The van der Waals surface area contributed by atoms with Gasteiger partial charge in [-0.05, 0) is 54.2 Å². The molecular formula is C24H24Cl2N2O3. The average molecular weight is 459 g/mol. The number of carbonyl (C=O) groups excluding carboxylic acids is 2. The first-order valence-electron chi connectivity index (χ1n) is 10.5. The van der Waals surface area contributed by atoms with Crippen LogP contribution in [0.1, 0.15) is 49.3 Å². The minimum atomic E-state index is -0.263. The van der Waals surface area contributed by atoms with Crippen LogP contribution >= 0.6 is 23.2 Å². The van der Waals surface area contributed by atoms with E-state index in [1.807, 2.05) is 18.2 Å². The molecule has 1 amide bonds. The molecule has 0 saturated heterocycles. The number of nitrogens with one attached hydrogen (secondary N) is 1. The largest absolute Gasteiger partial charge is 0.482 e. The number of benzene rings is 1. The molecule has 2 aromatic rings. The maximum absolute atomic E-state index is 12.2. The number of hydrogen-bond donors (Lipinski definition) is 1. The smallest absolute Gasteiger partial charge is 0.258 e. The van der Waals surface area contributed by atoms with Crippen molar-refractivity contribution in [1.29, 1.82) is 0 Å². The number of fused-ring (bicyclic) bond motifs is 3. The third kappa shape index (κ3) is 4.35. The van der Waals surface area contributed by atoms with E-state index < -0.39 is 0 Å². The maximum Gasteiger partial charge on any atom is 0.258 e. The van der Waals surface area contributed by atoms with E-state index in [1.54, 1.807) is 18.5 Å². The topological polar surface area (TPSA) is 68.3 Å². The van der Waals surface area contributed by atoms with Crippen LogP contribution in [0.25, 0.3) is 5.57 Å². The molecule has 0 fully saturated rings. The second kappa shape index (κ2) is 9.01. The van der Waals surface area contributed by atoms with Gasteiger partial charge >= 0.3 is 0 Å². The Kier molecular flexibility index (Phi) is 6.35. The fourth-order valence-electron chi connectivity index (χ4n) is 4.68. The molecule has 0 bridgehead atoms. The lowest BCUT2D eigenvalue weighted by Gasteiger charge is -2.33. The van der Waals surface area contributed by atoms with Crippen molar-refractivity contribution in [1.82, 2.24) is 10.3 Å². The average Bonchev–Trinajstić information content (AvgIpc) is 3.08. The second-order valence-electron chi connectivity index (χ2n) is 8.19. The standard InChI is InChI=1S/C24H24Cl2N2O3/c1-2-6-24-7-5-17(29)10-18(24)21-16(11-24)9-19(22(25)23(21)26)31-14-20(30)28-13-15-4-3-8-27-12-15/h3-4,8-10,12H,2,5-7,11,13-14H2,1H3,(H,28,30). The Labute approximate surface area is 191 Å². The fourth-order valence-corrected chi connectivity index (χ4v) is 5.20. The van der Waals surface area contributed by atoms with Crippen LogP contribution in [-0.2, 0) is 22.6 Å². The summed E-state index contributed by atoms with van der Waals surface area (Å²) in [6, 6.07) is 5.57. The normalized spacial score (nSPS) is 19.5. The summed E-state index contributed by atoms with van der Waals surface area (Å²) in [7, 11) is 0. The molecule has 31 heavy (non-hydrogen) atoms. The summed E-state index contributed by atoms with van der Waals surface area (Å²) in [6.07, 6.45) is 9.32. The molecule has 2 aliphatic carbocycles. The number of carbonyl (C=O) groups is 2. The number of amides is 1. The van der Waals surface area contributed by atoms with Gasteiger partial charge in [0, 0.05) is 36.3 Å². The van der Waals surface area contributed by atoms with E-state index in [-0.39, 0.29) is 28.7 Å². The van der Waals surface area contributed by atoms with Crippen molar-refractivity contribution in [2.24, 2.45) is 5.41 Å². The quantitative estimate of drug-likeness (QED) is 0.620. The number of aromatic nitrogens is 1. The third-order valence-corrected chi connectivity index (χ3v) is 6.93. The summed E-state index contributed by atoms with van der Waals surface area (Å²) in [5, 5.41) is 3.46. The number of allylic oxidation sites excluding steroid dienone is 2. The molecule has 0 saturated carbocycles. The van der Waals surface area contributed by atoms with Crippen LogP contribution in [0, 0.1) is 5.41 Å². The van der Waals surface area contributed by atoms with Gasteiger partial charge in [0.25, 0.3) is 5.91 Å². The molecule has 7 heteroatoms. The highest BCUT2D eigenvalue weighted by molar-refractivity contribution is 6.44. The minimum absolute atomic E-state index is 0.0717. The van der Waals surface area contributed by atoms with E-state index in [0.717, 1.165) is 47.9 Å². The predicted octanol–water partition coefficient (Wildman–Crippen LogP) is 5.17. The molecule has 1 N–H and O–H groups in total. The van der Waals surface area contributed by atoms with Gasteiger partial charge in [0.1, 0.15) is 10.8 Å².